The van der Waals surface area contributed by atoms with Crippen LogP contribution in [0.15, 0.2) is 12.2 Å². The third-order valence-corrected chi connectivity index (χ3v) is 4.26. The first-order chi connectivity index (χ1) is 12.8. The molecule has 0 spiro atoms. The van der Waals surface area contributed by atoms with Gasteiger partial charge in [0, 0.05) is 18.8 Å². The van der Waals surface area contributed by atoms with E-state index in [1.54, 1.807) is 0 Å². The number of carbonyl (C=O) groups is 2. The number of hydrogen-bond donors (Lipinski definition) is 0. The Morgan fingerprint density at radius 2 is 1.56 bits per heavy atom. The van der Waals surface area contributed by atoms with Gasteiger partial charge in [-0.3, -0.25) is 9.59 Å². The lowest BCUT2D eigenvalue weighted by Crippen LogP contribution is -2.24. The van der Waals surface area contributed by atoms with Gasteiger partial charge in [0.25, 0.3) is 0 Å². The zero-order valence-corrected chi connectivity index (χ0v) is 17.9. The van der Waals surface area contributed by atoms with Crippen LogP contribution in [0.4, 0.5) is 0 Å². The maximum atomic E-state index is 12.1. The highest BCUT2D eigenvalue weighted by Gasteiger charge is 2.19. The van der Waals surface area contributed by atoms with Crippen molar-refractivity contribution in [2.75, 3.05) is 0 Å². The smallest absolute Gasteiger partial charge is 0.307 e. The minimum absolute atomic E-state index is 0.0623. The van der Waals surface area contributed by atoms with Crippen LogP contribution in [-0.4, -0.2) is 24.1 Å². The molecule has 0 aliphatic heterocycles. The molecule has 27 heavy (non-hydrogen) atoms. The van der Waals surface area contributed by atoms with Gasteiger partial charge < -0.3 is 9.47 Å². The fourth-order valence-electron chi connectivity index (χ4n) is 2.69. The molecule has 0 rings (SSSR count). The van der Waals surface area contributed by atoms with Crippen LogP contribution >= 0.6 is 0 Å². The molecule has 0 radical (unpaired) electrons. The molecular weight excluding hydrogens is 340 g/mol. The number of esters is 2. The molecule has 0 saturated heterocycles. The molecule has 3 atom stereocenters. The first-order valence-corrected chi connectivity index (χ1v) is 10.4. The van der Waals surface area contributed by atoms with Gasteiger partial charge in [-0.15, -0.1) is 0 Å². The van der Waals surface area contributed by atoms with Crippen LogP contribution in [0, 0.1) is 17.8 Å². The zero-order valence-electron chi connectivity index (χ0n) is 17.9. The normalized spacial score (nSPS) is 13.7. The average molecular weight is 379 g/mol. The molecule has 0 aromatic carbocycles. The standard InChI is InChI=1S/C23H38O4/c1-7-9-10-13-20(6)26-22(24)14-11-15-23(25)27-21(17-16-18(3)4)19(5)12-8-2/h19-21H,3,7-15H2,1-2,4-6H3. The van der Waals surface area contributed by atoms with Crippen LogP contribution in [0.1, 0.15) is 92.4 Å². The minimum Gasteiger partial charge on any atom is -0.463 e. The number of hydrogen-bond acceptors (Lipinski definition) is 4. The quantitative estimate of drug-likeness (QED) is 0.238. The van der Waals surface area contributed by atoms with Crippen molar-refractivity contribution in [3.05, 3.63) is 12.2 Å². The molecule has 0 aromatic heterocycles. The van der Waals surface area contributed by atoms with E-state index in [4.69, 9.17) is 9.47 Å². The first kappa shape index (κ1) is 25.2. The Labute approximate surface area is 166 Å². The molecule has 0 amide bonds. The summed E-state index contributed by atoms with van der Waals surface area (Å²) in [6.45, 7) is 13.8. The molecule has 0 aliphatic rings. The lowest BCUT2D eigenvalue weighted by molar-refractivity contribution is -0.150. The van der Waals surface area contributed by atoms with Gasteiger partial charge in [-0.2, -0.15) is 0 Å². The summed E-state index contributed by atoms with van der Waals surface area (Å²) in [5.74, 6) is 5.52. The van der Waals surface area contributed by atoms with Crippen molar-refractivity contribution >= 4 is 11.9 Å². The van der Waals surface area contributed by atoms with E-state index >= 15 is 0 Å². The van der Waals surface area contributed by atoms with Gasteiger partial charge in [-0.25, -0.2) is 0 Å². The van der Waals surface area contributed by atoms with E-state index in [0.29, 0.717) is 6.42 Å². The third-order valence-electron chi connectivity index (χ3n) is 4.26. The predicted octanol–water partition coefficient (Wildman–Crippen LogP) is 5.60. The van der Waals surface area contributed by atoms with Crippen LogP contribution in [0.5, 0.6) is 0 Å². The monoisotopic (exact) mass is 378 g/mol. The molecule has 0 bridgehead atoms. The Balaban J connectivity index is 4.29. The van der Waals surface area contributed by atoms with Gasteiger partial charge in [-0.05, 0) is 45.1 Å². The van der Waals surface area contributed by atoms with Gasteiger partial charge in [0.05, 0.1) is 6.10 Å². The van der Waals surface area contributed by atoms with Gasteiger partial charge in [0.15, 0.2) is 6.10 Å². The maximum absolute atomic E-state index is 12.1. The van der Waals surface area contributed by atoms with Crippen molar-refractivity contribution in [3.8, 4) is 11.8 Å². The van der Waals surface area contributed by atoms with Gasteiger partial charge in [-0.1, -0.05) is 58.5 Å². The number of carbonyl (C=O) groups excluding carboxylic acids is 2. The van der Waals surface area contributed by atoms with Gasteiger partial charge >= 0.3 is 11.9 Å². The molecule has 0 heterocycles. The summed E-state index contributed by atoms with van der Waals surface area (Å²) in [5, 5.41) is 0. The van der Waals surface area contributed by atoms with Crippen LogP contribution in [0.2, 0.25) is 0 Å². The Morgan fingerprint density at radius 1 is 0.926 bits per heavy atom. The van der Waals surface area contributed by atoms with Crippen molar-refractivity contribution in [1.82, 2.24) is 0 Å². The number of rotatable bonds is 13. The molecule has 0 saturated carbocycles. The van der Waals surface area contributed by atoms with Crippen molar-refractivity contribution < 1.29 is 19.1 Å². The van der Waals surface area contributed by atoms with Crippen LogP contribution in [0.3, 0.4) is 0 Å². The van der Waals surface area contributed by atoms with Crippen molar-refractivity contribution in [1.29, 1.82) is 0 Å². The summed E-state index contributed by atoms with van der Waals surface area (Å²) < 4.78 is 10.9. The Kier molecular flexibility index (Phi) is 14.3. The second-order valence-electron chi connectivity index (χ2n) is 7.38. The highest BCUT2D eigenvalue weighted by molar-refractivity contribution is 5.72. The number of unbranched alkanes of at least 4 members (excludes halogenated alkanes) is 2. The van der Waals surface area contributed by atoms with E-state index in [1.165, 1.54) is 0 Å². The van der Waals surface area contributed by atoms with E-state index in [1.807, 2.05) is 20.8 Å². The third kappa shape index (κ3) is 14.0. The Morgan fingerprint density at radius 3 is 2.11 bits per heavy atom. The lowest BCUT2D eigenvalue weighted by atomic mass is 9.99. The second-order valence-corrected chi connectivity index (χ2v) is 7.38. The summed E-state index contributed by atoms with van der Waals surface area (Å²) in [5.41, 5.74) is 0.746. The topological polar surface area (TPSA) is 52.6 Å². The van der Waals surface area contributed by atoms with Crippen LogP contribution in [0.25, 0.3) is 0 Å². The fourth-order valence-corrected chi connectivity index (χ4v) is 2.69. The largest absolute Gasteiger partial charge is 0.463 e. The molecule has 0 fully saturated rings. The van der Waals surface area contributed by atoms with Crippen LogP contribution < -0.4 is 0 Å². The van der Waals surface area contributed by atoms with E-state index in [2.05, 4.69) is 32.3 Å². The van der Waals surface area contributed by atoms with E-state index in [9.17, 15) is 9.59 Å². The SMILES string of the molecule is C=C(C)C#CC(OC(=O)CCCC(=O)OC(C)CCCCC)C(C)CCC. The fraction of sp³-hybridized carbons (Fsp3) is 0.739. The lowest BCUT2D eigenvalue weighted by Gasteiger charge is -2.19. The minimum atomic E-state index is -0.431. The predicted molar refractivity (Wildman–Crippen MR) is 110 cm³/mol. The van der Waals surface area contributed by atoms with Crippen molar-refractivity contribution in [2.24, 2.45) is 5.92 Å². The molecule has 0 aromatic rings. The molecule has 154 valence electrons. The Hall–Kier alpha value is -1.76. The first-order valence-electron chi connectivity index (χ1n) is 10.4. The molecule has 4 nitrogen and oxygen atoms in total. The summed E-state index contributed by atoms with van der Waals surface area (Å²) >= 11 is 0. The molecule has 4 heteroatoms. The van der Waals surface area contributed by atoms with E-state index in [-0.39, 0.29) is 36.8 Å². The van der Waals surface area contributed by atoms with Crippen LogP contribution in [-0.2, 0) is 19.1 Å². The molecule has 3 unspecified atom stereocenters. The van der Waals surface area contributed by atoms with E-state index < -0.39 is 6.10 Å². The Bertz CT molecular complexity index is 512. The average Bonchev–Trinajstić information content (AvgIpc) is 2.58. The second kappa shape index (κ2) is 15.3. The number of allylic oxidation sites excluding steroid dienone is 1. The van der Waals surface area contributed by atoms with Crippen molar-refractivity contribution in [3.63, 3.8) is 0 Å². The summed E-state index contributed by atoms with van der Waals surface area (Å²) in [6.07, 6.45) is 6.58. The maximum Gasteiger partial charge on any atom is 0.307 e. The highest BCUT2D eigenvalue weighted by Crippen LogP contribution is 2.15. The summed E-state index contributed by atoms with van der Waals surface area (Å²) in [4.78, 5) is 24.0. The number of ether oxygens (including phenoxy) is 2. The highest BCUT2D eigenvalue weighted by atomic mass is 16.5. The van der Waals surface area contributed by atoms with Gasteiger partial charge in [0.1, 0.15) is 0 Å². The van der Waals surface area contributed by atoms with E-state index in [0.717, 1.165) is 44.1 Å². The molecule has 0 aliphatic carbocycles. The zero-order chi connectivity index (χ0) is 20.7. The van der Waals surface area contributed by atoms with Gasteiger partial charge in [0.2, 0.25) is 0 Å². The summed E-state index contributed by atoms with van der Waals surface area (Å²) in [7, 11) is 0. The molecular formula is C23H38O4. The molecule has 0 N–H and O–H groups in total. The van der Waals surface area contributed by atoms with Crippen molar-refractivity contribution in [2.45, 2.75) is 105 Å². The summed E-state index contributed by atoms with van der Waals surface area (Å²) in [6, 6.07) is 0.